The van der Waals surface area contributed by atoms with E-state index in [0.717, 1.165) is 11.3 Å². The maximum Gasteiger partial charge on any atom is 0.280 e. The molecule has 0 fully saturated rings. The van der Waals surface area contributed by atoms with Crippen molar-refractivity contribution in [2.45, 2.75) is 40.0 Å². The Bertz CT molecular complexity index is 714. The molecule has 0 aliphatic carbocycles. The van der Waals surface area contributed by atoms with Gasteiger partial charge in [0.15, 0.2) is 0 Å². The summed E-state index contributed by atoms with van der Waals surface area (Å²) in [7, 11) is 0. The van der Waals surface area contributed by atoms with Crippen LogP contribution in [0.3, 0.4) is 0 Å². The molecule has 2 aromatic rings. The van der Waals surface area contributed by atoms with E-state index in [4.69, 9.17) is 11.6 Å². The Balaban J connectivity index is 2.78. The van der Waals surface area contributed by atoms with Crippen molar-refractivity contribution in [3.63, 3.8) is 0 Å². The first kappa shape index (κ1) is 14.7. The maximum absolute atomic E-state index is 12.7. The van der Waals surface area contributed by atoms with E-state index in [1.165, 1.54) is 0 Å². The molecule has 0 bridgehead atoms. The Labute approximate surface area is 123 Å². The Morgan fingerprint density at radius 2 is 1.80 bits per heavy atom. The van der Waals surface area contributed by atoms with Gasteiger partial charge in [0.05, 0.1) is 5.69 Å². The summed E-state index contributed by atoms with van der Waals surface area (Å²) in [6.07, 6.45) is 0. The van der Waals surface area contributed by atoms with Gasteiger partial charge in [-0.1, -0.05) is 32.4 Å². The van der Waals surface area contributed by atoms with E-state index in [2.05, 4.69) is 10.2 Å². The molecule has 0 aliphatic rings. The van der Waals surface area contributed by atoms with Gasteiger partial charge in [0.1, 0.15) is 11.5 Å². The van der Waals surface area contributed by atoms with Crippen molar-refractivity contribution in [2.75, 3.05) is 0 Å². The van der Waals surface area contributed by atoms with Crippen molar-refractivity contribution in [1.82, 2.24) is 14.8 Å². The number of hydrogen-bond donors (Lipinski definition) is 0. The van der Waals surface area contributed by atoms with Crippen LogP contribution in [0, 0.1) is 13.8 Å². The third kappa shape index (κ3) is 2.61. The van der Waals surface area contributed by atoms with Crippen LogP contribution in [0.4, 0.5) is 0 Å². The minimum atomic E-state index is -0.347. The Morgan fingerprint density at radius 3 is 2.35 bits per heavy atom. The summed E-state index contributed by atoms with van der Waals surface area (Å²) >= 11 is 5.97. The van der Waals surface area contributed by atoms with Gasteiger partial charge in [-0.3, -0.25) is 9.36 Å². The van der Waals surface area contributed by atoms with Crippen LogP contribution in [0.1, 0.15) is 37.9 Å². The lowest BCUT2D eigenvalue weighted by Gasteiger charge is -2.19. The third-order valence-electron chi connectivity index (χ3n) is 3.13. The van der Waals surface area contributed by atoms with Gasteiger partial charge in [-0.15, -0.1) is 10.2 Å². The van der Waals surface area contributed by atoms with Crippen LogP contribution in [-0.2, 0) is 5.41 Å². The lowest BCUT2D eigenvalue weighted by atomic mass is 9.92. The maximum atomic E-state index is 12.7. The summed E-state index contributed by atoms with van der Waals surface area (Å²) in [5.41, 5.74) is 1.69. The number of nitrogens with zero attached hydrogens (tertiary/aromatic N) is 3. The van der Waals surface area contributed by atoms with E-state index in [1.807, 2.05) is 39.8 Å². The molecule has 0 radical (unpaired) electrons. The predicted octanol–water partition coefficient (Wildman–Crippen LogP) is 3.20. The lowest BCUT2D eigenvalue weighted by Crippen LogP contribution is -2.34. The van der Waals surface area contributed by atoms with Crippen LogP contribution < -0.4 is 5.56 Å². The molecule has 0 aliphatic heterocycles. The van der Waals surface area contributed by atoms with Crippen molar-refractivity contribution in [3.05, 3.63) is 50.7 Å². The van der Waals surface area contributed by atoms with Gasteiger partial charge in [0.25, 0.3) is 5.56 Å². The van der Waals surface area contributed by atoms with Crippen molar-refractivity contribution < 1.29 is 0 Å². The van der Waals surface area contributed by atoms with Gasteiger partial charge in [-0.2, -0.15) is 0 Å². The fourth-order valence-electron chi connectivity index (χ4n) is 2.09. The van der Waals surface area contributed by atoms with Crippen LogP contribution in [0.2, 0.25) is 5.02 Å². The van der Waals surface area contributed by atoms with Gasteiger partial charge in [-0.25, -0.2) is 0 Å². The first-order chi connectivity index (χ1) is 9.21. The van der Waals surface area contributed by atoms with Crippen molar-refractivity contribution >= 4 is 11.6 Å². The molecule has 0 N–H and O–H groups in total. The summed E-state index contributed by atoms with van der Waals surface area (Å²) < 4.78 is 1.60. The highest BCUT2D eigenvalue weighted by atomic mass is 35.5. The predicted molar refractivity (Wildman–Crippen MR) is 80.8 cm³/mol. The standard InChI is InChI=1S/C15H18ClN3O/c1-9-8-11(16)6-7-12(9)19-10(2)17-18-13(14(19)20)15(3,4)5/h6-8H,1-5H3. The number of aromatic nitrogens is 3. The van der Waals surface area contributed by atoms with Crippen molar-refractivity contribution in [3.8, 4) is 5.69 Å². The first-order valence-electron chi connectivity index (χ1n) is 6.45. The molecule has 1 aromatic heterocycles. The highest BCUT2D eigenvalue weighted by Gasteiger charge is 2.23. The SMILES string of the molecule is Cc1cc(Cl)ccc1-n1c(C)nnc(C(C)(C)C)c1=O. The van der Waals surface area contributed by atoms with Gasteiger partial charge in [0.2, 0.25) is 0 Å². The smallest absolute Gasteiger partial charge is 0.267 e. The van der Waals surface area contributed by atoms with Crippen molar-refractivity contribution in [1.29, 1.82) is 0 Å². The fraction of sp³-hybridized carbons (Fsp3) is 0.400. The lowest BCUT2D eigenvalue weighted by molar-refractivity contribution is 0.535. The number of rotatable bonds is 1. The summed E-state index contributed by atoms with van der Waals surface area (Å²) in [5.74, 6) is 0.563. The van der Waals surface area contributed by atoms with Crippen LogP contribution in [0.15, 0.2) is 23.0 Å². The molecule has 1 aromatic carbocycles. The Kier molecular flexibility index (Phi) is 3.69. The normalized spacial score (nSPS) is 11.7. The summed E-state index contributed by atoms with van der Waals surface area (Å²) in [4.78, 5) is 12.7. The van der Waals surface area contributed by atoms with Gasteiger partial charge in [-0.05, 0) is 37.6 Å². The number of hydrogen-bond acceptors (Lipinski definition) is 3. The molecule has 106 valence electrons. The average Bonchev–Trinajstić information content (AvgIpc) is 2.29. The first-order valence-corrected chi connectivity index (χ1v) is 6.83. The van der Waals surface area contributed by atoms with Crippen LogP contribution in [0.25, 0.3) is 5.69 Å². The molecule has 0 spiro atoms. The highest BCUT2D eigenvalue weighted by molar-refractivity contribution is 6.30. The molecule has 0 unspecified atom stereocenters. The van der Waals surface area contributed by atoms with Gasteiger partial charge >= 0.3 is 0 Å². The minimum Gasteiger partial charge on any atom is -0.267 e. The molecule has 0 atom stereocenters. The molecule has 0 saturated carbocycles. The quantitative estimate of drug-likeness (QED) is 0.810. The van der Waals surface area contributed by atoms with E-state index in [-0.39, 0.29) is 11.0 Å². The van der Waals surface area contributed by atoms with E-state index in [1.54, 1.807) is 17.6 Å². The molecule has 5 heteroatoms. The number of aryl methyl sites for hydroxylation is 2. The molecule has 1 heterocycles. The van der Waals surface area contributed by atoms with E-state index >= 15 is 0 Å². The van der Waals surface area contributed by atoms with E-state index in [0.29, 0.717) is 16.5 Å². The number of halogens is 1. The monoisotopic (exact) mass is 291 g/mol. The summed E-state index contributed by atoms with van der Waals surface area (Å²) in [5, 5.41) is 8.85. The largest absolute Gasteiger partial charge is 0.280 e. The summed E-state index contributed by atoms with van der Waals surface area (Å²) in [6, 6.07) is 5.44. The van der Waals surface area contributed by atoms with E-state index in [9.17, 15) is 4.79 Å². The topological polar surface area (TPSA) is 47.8 Å². The van der Waals surface area contributed by atoms with Gasteiger partial charge in [0, 0.05) is 10.4 Å². The zero-order chi connectivity index (χ0) is 15.1. The molecular formula is C15H18ClN3O. The zero-order valence-electron chi connectivity index (χ0n) is 12.4. The van der Waals surface area contributed by atoms with Crippen LogP contribution >= 0.6 is 11.6 Å². The van der Waals surface area contributed by atoms with Gasteiger partial charge < -0.3 is 0 Å². The van der Waals surface area contributed by atoms with E-state index < -0.39 is 0 Å². The number of benzene rings is 1. The molecule has 0 saturated heterocycles. The fourth-order valence-corrected chi connectivity index (χ4v) is 2.31. The van der Waals surface area contributed by atoms with Crippen LogP contribution in [-0.4, -0.2) is 14.8 Å². The third-order valence-corrected chi connectivity index (χ3v) is 3.37. The second-order valence-corrected chi connectivity index (χ2v) is 6.35. The van der Waals surface area contributed by atoms with Crippen molar-refractivity contribution in [2.24, 2.45) is 0 Å². The second-order valence-electron chi connectivity index (χ2n) is 5.92. The molecule has 0 amide bonds. The minimum absolute atomic E-state index is 0.129. The van der Waals surface area contributed by atoms with Crippen LogP contribution in [0.5, 0.6) is 0 Å². The second kappa shape index (κ2) is 5.02. The Morgan fingerprint density at radius 1 is 1.15 bits per heavy atom. The Hall–Kier alpha value is -1.68. The molecule has 4 nitrogen and oxygen atoms in total. The molecular weight excluding hydrogens is 274 g/mol. The summed E-state index contributed by atoms with van der Waals surface area (Å²) in [6.45, 7) is 9.55. The molecule has 20 heavy (non-hydrogen) atoms. The highest BCUT2D eigenvalue weighted by Crippen LogP contribution is 2.20. The average molecular weight is 292 g/mol. The zero-order valence-corrected chi connectivity index (χ0v) is 13.1. The molecule has 2 rings (SSSR count).